The van der Waals surface area contributed by atoms with E-state index in [1.54, 1.807) is 30.3 Å². The van der Waals surface area contributed by atoms with E-state index < -0.39 is 0 Å². The number of halogens is 2. The maximum Gasteiger partial charge on any atom is 0.194 e. The normalized spacial score (nSPS) is 12.4. The van der Waals surface area contributed by atoms with E-state index in [2.05, 4.69) is 60.7 Å². The molecule has 4 aromatic carbocycles. The van der Waals surface area contributed by atoms with Crippen molar-refractivity contribution in [3.05, 3.63) is 110 Å². The van der Waals surface area contributed by atoms with Crippen molar-refractivity contribution in [1.29, 1.82) is 0 Å². The van der Waals surface area contributed by atoms with Gasteiger partial charge in [-0.15, -0.1) is 0 Å². The summed E-state index contributed by atoms with van der Waals surface area (Å²) in [6.07, 6.45) is 0. The first kappa shape index (κ1) is 21.8. The monoisotopic (exact) mass is 559 g/mol. The topological polar surface area (TPSA) is 39.1 Å². The Morgan fingerprint density at radius 1 is 0.576 bits per heavy atom. The van der Waals surface area contributed by atoms with Gasteiger partial charge in [0.1, 0.15) is 0 Å². The summed E-state index contributed by atoms with van der Waals surface area (Å²) in [5.74, 6) is -0.217. The Morgan fingerprint density at radius 2 is 1.06 bits per heavy atom. The third-order valence-electron chi connectivity index (χ3n) is 5.86. The first-order valence-electron chi connectivity index (χ1n) is 10.7. The van der Waals surface area contributed by atoms with Crippen LogP contribution in [0, 0.1) is 0 Å². The van der Waals surface area contributed by atoms with Gasteiger partial charge in [-0.25, -0.2) is 0 Å². The predicted octanol–water partition coefficient (Wildman–Crippen LogP) is 8.11. The predicted molar refractivity (Wildman–Crippen MR) is 141 cm³/mol. The van der Waals surface area contributed by atoms with Crippen LogP contribution in [0.2, 0.25) is 0 Å². The molecular formula is C28H19Br2NO2. The van der Waals surface area contributed by atoms with Gasteiger partial charge in [-0.2, -0.15) is 0 Å². The van der Waals surface area contributed by atoms with Crippen molar-refractivity contribution in [2.24, 2.45) is 0 Å². The Bertz CT molecular complexity index is 1540. The van der Waals surface area contributed by atoms with Crippen LogP contribution < -0.4 is 0 Å². The molecule has 1 aliphatic carbocycles. The molecule has 0 spiro atoms. The number of hydrogen-bond donors (Lipinski definition) is 0. The Balaban J connectivity index is 0.00000111. The molecule has 162 valence electrons. The van der Waals surface area contributed by atoms with Crippen LogP contribution in [-0.4, -0.2) is 16.1 Å². The molecule has 5 heteroatoms. The molecular weight excluding hydrogens is 542 g/mol. The molecule has 0 fully saturated rings. The van der Waals surface area contributed by atoms with Crippen LogP contribution in [0.4, 0.5) is 0 Å². The van der Waals surface area contributed by atoms with Gasteiger partial charge in [0.15, 0.2) is 11.6 Å². The number of hydrogen-bond acceptors (Lipinski definition) is 2. The highest BCUT2D eigenvalue weighted by molar-refractivity contribution is 9.10. The zero-order valence-corrected chi connectivity index (χ0v) is 21.2. The highest BCUT2D eigenvalue weighted by atomic mass is 79.9. The van der Waals surface area contributed by atoms with Gasteiger partial charge in [0.25, 0.3) is 0 Å². The number of fused-ring (bicyclic) bond motifs is 5. The number of aromatic nitrogens is 1. The quantitative estimate of drug-likeness (QED) is 0.204. The molecule has 6 rings (SSSR count). The number of benzene rings is 4. The molecule has 0 amide bonds. The number of ketones is 2. The lowest BCUT2D eigenvalue weighted by Crippen LogP contribution is -2.21. The molecule has 0 aliphatic heterocycles. The van der Waals surface area contributed by atoms with Crippen molar-refractivity contribution >= 4 is 65.2 Å². The van der Waals surface area contributed by atoms with Gasteiger partial charge in [-0.05, 0) is 54.6 Å². The van der Waals surface area contributed by atoms with Crippen LogP contribution in [0.25, 0.3) is 27.5 Å². The molecule has 0 unspecified atom stereocenters. The summed E-state index contributed by atoms with van der Waals surface area (Å²) in [5.41, 5.74) is 4.76. The summed E-state index contributed by atoms with van der Waals surface area (Å²) < 4.78 is 4.14. The van der Waals surface area contributed by atoms with E-state index in [1.807, 2.05) is 38.1 Å². The van der Waals surface area contributed by atoms with Gasteiger partial charge in [-0.1, -0.05) is 70.0 Å². The average molecular weight is 561 g/mol. The van der Waals surface area contributed by atoms with E-state index >= 15 is 0 Å². The van der Waals surface area contributed by atoms with Crippen molar-refractivity contribution in [2.45, 2.75) is 13.8 Å². The van der Waals surface area contributed by atoms with Crippen LogP contribution in [-0.2, 0) is 0 Å². The second-order valence-electron chi connectivity index (χ2n) is 7.59. The van der Waals surface area contributed by atoms with Gasteiger partial charge < -0.3 is 4.57 Å². The SMILES string of the molecule is CC.O=C1c2ccccc2C(=O)c2cc(-n3c4ccc(Br)cc4c4cc(Br)ccc43)ccc21. The molecule has 0 saturated heterocycles. The molecule has 0 radical (unpaired) electrons. The van der Waals surface area contributed by atoms with E-state index in [4.69, 9.17) is 0 Å². The van der Waals surface area contributed by atoms with Crippen molar-refractivity contribution in [3.8, 4) is 5.69 Å². The first-order chi connectivity index (χ1) is 16.0. The van der Waals surface area contributed by atoms with Gasteiger partial charge in [0.2, 0.25) is 0 Å². The third-order valence-corrected chi connectivity index (χ3v) is 6.84. The highest BCUT2D eigenvalue weighted by Gasteiger charge is 2.29. The second-order valence-corrected chi connectivity index (χ2v) is 9.42. The highest BCUT2D eigenvalue weighted by Crippen LogP contribution is 2.36. The van der Waals surface area contributed by atoms with E-state index in [1.165, 1.54) is 0 Å². The Morgan fingerprint density at radius 3 is 1.61 bits per heavy atom. The summed E-state index contributed by atoms with van der Waals surface area (Å²) >= 11 is 7.16. The van der Waals surface area contributed by atoms with Crippen molar-refractivity contribution in [3.63, 3.8) is 0 Å². The van der Waals surface area contributed by atoms with Crippen LogP contribution in [0.3, 0.4) is 0 Å². The second kappa shape index (κ2) is 8.40. The van der Waals surface area contributed by atoms with E-state index in [0.29, 0.717) is 22.3 Å². The molecule has 5 aromatic rings. The lowest BCUT2D eigenvalue weighted by atomic mass is 9.84. The molecule has 0 bridgehead atoms. The number of rotatable bonds is 1. The molecule has 0 saturated carbocycles. The maximum atomic E-state index is 13.2. The minimum atomic E-state index is -0.113. The molecule has 3 nitrogen and oxygen atoms in total. The van der Waals surface area contributed by atoms with Crippen LogP contribution in [0.5, 0.6) is 0 Å². The van der Waals surface area contributed by atoms with Gasteiger partial charge >= 0.3 is 0 Å². The van der Waals surface area contributed by atoms with Crippen LogP contribution >= 0.6 is 31.9 Å². The zero-order valence-electron chi connectivity index (χ0n) is 18.0. The van der Waals surface area contributed by atoms with Gasteiger partial charge in [0.05, 0.1) is 11.0 Å². The minimum Gasteiger partial charge on any atom is -0.309 e. The fourth-order valence-electron chi connectivity index (χ4n) is 4.47. The largest absolute Gasteiger partial charge is 0.309 e. The lowest BCUT2D eigenvalue weighted by molar-refractivity contribution is 0.0979. The summed E-state index contributed by atoms with van der Waals surface area (Å²) in [6.45, 7) is 4.00. The fraction of sp³-hybridized carbons (Fsp3) is 0.0714. The zero-order chi connectivity index (χ0) is 23.3. The Hall–Kier alpha value is -3.02. The van der Waals surface area contributed by atoms with Gasteiger partial charge in [0, 0.05) is 47.7 Å². The molecule has 1 aromatic heterocycles. The number of nitrogens with zero attached hydrogens (tertiary/aromatic N) is 1. The Kier molecular flexibility index (Phi) is 5.55. The lowest BCUT2D eigenvalue weighted by Gasteiger charge is -2.19. The molecule has 33 heavy (non-hydrogen) atoms. The van der Waals surface area contributed by atoms with E-state index in [9.17, 15) is 9.59 Å². The number of carbonyl (C=O) groups excluding carboxylic acids is 2. The standard InChI is InChI=1S/C26H13Br2NO2.C2H6/c27-14-5-9-23-20(11-14)21-12-15(28)6-10-24(21)29(23)16-7-8-19-22(13-16)26(31)18-4-2-1-3-17(18)25(19)30;1-2/h1-13H;1-2H3. The molecule has 0 N–H and O–H groups in total. The van der Waals surface area contributed by atoms with Crippen molar-refractivity contribution < 1.29 is 9.59 Å². The van der Waals surface area contributed by atoms with Crippen molar-refractivity contribution in [2.75, 3.05) is 0 Å². The van der Waals surface area contributed by atoms with E-state index in [-0.39, 0.29) is 11.6 Å². The smallest absolute Gasteiger partial charge is 0.194 e. The third kappa shape index (κ3) is 3.38. The summed E-state index contributed by atoms with van der Waals surface area (Å²) in [7, 11) is 0. The molecule has 0 atom stereocenters. The van der Waals surface area contributed by atoms with Crippen molar-refractivity contribution in [1.82, 2.24) is 4.57 Å². The Labute approximate surface area is 208 Å². The first-order valence-corrected chi connectivity index (χ1v) is 12.3. The summed E-state index contributed by atoms with van der Waals surface area (Å²) in [6, 6.07) is 24.9. The number of carbonyl (C=O) groups is 2. The van der Waals surface area contributed by atoms with Gasteiger partial charge in [-0.3, -0.25) is 9.59 Å². The summed E-state index contributed by atoms with van der Waals surface area (Å²) in [5, 5.41) is 2.22. The maximum absolute atomic E-state index is 13.2. The molecule has 1 heterocycles. The van der Waals surface area contributed by atoms with Crippen LogP contribution in [0.15, 0.2) is 87.8 Å². The van der Waals surface area contributed by atoms with E-state index in [0.717, 1.165) is 36.4 Å². The summed E-state index contributed by atoms with van der Waals surface area (Å²) in [4.78, 5) is 26.2. The molecule has 1 aliphatic rings. The van der Waals surface area contributed by atoms with Crippen LogP contribution in [0.1, 0.15) is 45.7 Å². The minimum absolute atomic E-state index is 0.105. The fourth-order valence-corrected chi connectivity index (χ4v) is 5.19. The average Bonchev–Trinajstić information content (AvgIpc) is 3.16.